The Labute approximate surface area is 147 Å². The van der Waals surface area contributed by atoms with Gasteiger partial charge in [-0.25, -0.2) is 4.79 Å². The van der Waals surface area contributed by atoms with Crippen molar-refractivity contribution in [3.63, 3.8) is 0 Å². The molecule has 0 amide bonds. The first-order chi connectivity index (χ1) is 11.9. The molecule has 2 aromatic carbocycles. The van der Waals surface area contributed by atoms with E-state index in [0.717, 1.165) is 23.1 Å². The van der Waals surface area contributed by atoms with Gasteiger partial charge in [0.2, 0.25) is 0 Å². The number of benzene rings is 2. The molecule has 0 aliphatic heterocycles. The Kier molecular flexibility index (Phi) is 3.95. The molecule has 25 heavy (non-hydrogen) atoms. The van der Waals surface area contributed by atoms with Crippen molar-refractivity contribution in [2.24, 2.45) is 0 Å². The lowest BCUT2D eigenvalue weighted by atomic mass is 9.73. The van der Waals surface area contributed by atoms with Gasteiger partial charge in [-0.1, -0.05) is 50.1 Å². The van der Waals surface area contributed by atoms with E-state index in [4.69, 9.17) is 6.42 Å². The molecule has 1 aliphatic carbocycles. The summed E-state index contributed by atoms with van der Waals surface area (Å²) in [5.74, 6) is 1.46. The SMILES string of the molecule is C#Cc1c(C(=O)O)cccc1-c1ccc2c(c1)C(C#N)=CCC2(C)C. The van der Waals surface area contributed by atoms with Crippen LogP contribution in [-0.4, -0.2) is 11.1 Å². The lowest BCUT2D eigenvalue weighted by Gasteiger charge is -2.30. The van der Waals surface area contributed by atoms with Gasteiger partial charge in [-0.15, -0.1) is 6.42 Å². The minimum atomic E-state index is -1.05. The van der Waals surface area contributed by atoms with Crippen molar-refractivity contribution < 1.29 is 9.90 Å². The van der Waals surface area contributed by atoms with E-state index in [1.165, 1.54) is 6.07 Å². The average Bonchev–Trinajstić information content (AvgIpc) is 2.60. The Bertz CT molecular complexity index is 998. The van der Waals surface area contributed by atoms with E-state index in [1.807, 2.05) is 30.3 Å². The van der Waals surface area contributed by atoms with Gasteiger partial charge in [0.25, 0.3) is 0 Å². The molecule has 0 radical (unpaired) electrons. The summed E-state index contributed by atoms with van der Waals surface area (Å²) in [6.45, 7) is 4.29. The van der Waals surface area contributed by atoms with Crippen LogP contribution in [0, 0.1) is 23.7 Å². The zero-order valence-corrected chi connectivity index (χ0v) is 14.1. The lowest BCUT2D eigenvalue weighted by Crippen LogP contribution is -2.21. The molecule has 0 fully saturated rings. The van der Waals surface area contributed by atoms with Crippen LogP contribution < -0.4 is 0 Å². The highest BCUT2D eigenvalue weighted by molar-refractivity contribution is 5.94. The van der Waals surface area contributed by atoms with Crippen molar-refractivity contribution in [2.75, 3.05) is 0 Å². The summed E-state index contributed by atoms with van der Waals surface area (Å²) in [7, 11) is 0. The third-order valence-corrected chi connectivity index (χ3v) is 4.73. The highest BCUT2D eigenvalue weighted by Crippen LogP contribution is 2.40. The molecular formula is C22H17NO2. The summed E-state index contributed by atoms with van der Waals surface area (Å²) in [5, 5.41) is 18.8. The number of terminal acetylenes is 1. The van der Waals surface area contributed by atoms with Crippen molar-refractivity contribution in [1.82, 2.24) is 0 Å². The Hall–Kier alpha value is -3.30. The van der Waals surface area contributed by atoms with Crippen LogP contribution in [0.1, 0.15) is 47.3 Å². The second-order valence-corrected chi connectivity index (χ2v) is 6.76. The average molecular weight is 327 g/mol. The second kappa shape index (κ2) is 5.96. The topological polar surface area (TPSA) is 61.1 Å². The fourth-order valence-corrected chi connectivity index (χ4v) is 3.33. The Morgan fingerprint density at radius 3 is 2.64 bits per heavy atom. The van der Waals surface area contributed by atoms with E-state index in [2.05, 4.69) is 25.8 Å². The first kappa shape index (κ1) is 16.6. The van der Waals surface area contributed by atoms with E-state index in [9.17, 15) is 15.2 Å². The van der Waals surface area contributed by atoms with Crippen LogP contribution in [0.4, 0.5) is 0 Å². The molecule has 2 aromatic rings. The maximum Gasteiger partial charge on any atom is 0.336 e. The van der Waals surface area contributed by atoms with E-state index in [0.29, 0.717) is 16.7 Å². The predicted octanol–water partition coefficient (Wildman–Crippen LogP) is 4.62. The maximum absolute atomic E-state index is 11.4. The summed E-state index contributed by atoms with van der Waals surface area (Å²) >= 11 is 0. The number of allylic oxidation sites excluding steroid dienone is 2. The molecule has 3 rings (SSSR count). The largest absolute Gasteiger partial charge is 0.478 e. The minimum absolute atomic E-state index is 0.0495. The number of carboxylic acids is 1. The third-order valence-electron chi connectivity index (χ3n) is 4.73. The first-order valence-electron chi connectivity index (χ1n) is 7.97. The monoisotopic (exact) mass is 327 g/mol. The smallest absolute Gasteiger partial charge is 0.336 e. The van der Waals surface area contributed by atoms with Crippen LogP contribution in [0.3, 0.4) is 0 Å². The van der Waals surface area contributed by atoms with Crippen molar-refractivity contribution >= 4 is 11.5 Å². The van der Waals surface area contributed by atoms with Gasteiger partial charge in [0.1, 0.15) is 0 Å². The number of hydrogen-bond donors (Lipinski definition) is 1. The molecule has 0 bridgehead atoms. The lowest BCUT2D eigenvalue weighted by molar-refractivity contribution is 0.0696. The number of aromatic carboxylic acids is 1. The molecule has 1 aliphatic rings. The molecule has 0 spiro atoms. The number of rotatable bonds is 2. The third kappa shape index (κ3) is 2.71. The quantitative estimate of drug-likeness (QED) is 0.819. The summed E-state index contributed by atoms with van der Waals surface area (Å²) in [6, 6.07) is 13.2. The van der Waals surface area contributed by atoms with Gasteiger partial charge in [0.15, 0.2) is 0 Å². The van der Waals surface area contributed by atoms with Gasteiger partial charge in [-0.3, -0.25) is 0 Å². The zero-order chi connectivity index (χ0) is 18.2. The predicted molar refractivity (Wildman–Crippen MR) is 98.0 cm³/mol. The van der Waals surface area contributed by atoms with Crippen LogP contribution in [0.2, 0.25) is 0 Å². The molecule has 122 valence electrons. The van der Waals surface area contributed by atoms with Crippen LogP contribution in [0.15, 0.2) is 42.5 Å². The van der Waals surface area contributed by atoms with Crippen molar-refractivity contribution in [1.29, 1.82) is 5.26 Å². The van der Waals surface area contributed by atoms with Crippen molar-refractivity contribution in [2.45, 2.75) is 25.7 Å². The molecule has 0 unspecified atom stereocenters. The van der Waals surface area contributed by atoms with Gasteiger partial charge in [-0.05, 0) is 46.2 Å². The fraction of sp³-hybridized carbons (Fsp3) is 0.182. The molecule has 3 nitrogen and oxygen atoms in total. The van der Waals surface area contributed by atoms with E-state index >= 15 is 0 Å². The van der Waals surface area contributed by atoms with Gasteiger partial charge >= 0.3 is 5.97 Å². The maximum atomic E-state index is 11.4. The second-order valence-electron chi connectivity index (χ2n) is 6.76. The molecule has 0 aromatic heterocycles. The number of hydrogen-bond acceptors (Lipinski definition) is 2. The van der Waals surface area contributed by atoms with E-state index in [-0.39, 0.29) is 11.0 Å². The Morgan fingerprint density at radius 2 is 2.00 bits per heavy atom. The van der Waals surface area contributed by atoms with Crippen molar-refractivity contribution in [3.05, 3.63) is 64.7 Å². The van der Waals surface area contributed by atoms with Crippen LogP contribution in [-0.2, 0) is 5.41 Å². The van der Waals surface area contributed by atoms with Crippen LogP contribution in [0.5, 0.6) is 0 Å². The summed E-state index contributed by atoms with van der Waals surface area (Å²) in [6.07, 6.45) is 8.36. The highest BCUT2D eigenvalue weighted by Gasteiger charge is 2.28. The van der Waals surface area contributed by atoms with Gasteiger partial charge in [0.05, 0.1) is 17.2 Å². The minimum Gasteiger partial charge on any atom is -0.478 e. The van der Waals surface area contributed by atoms with Crippen molar-refractivity contribution in [3.8, 4) is 29.5 Å². The van der Waals surface area contributed by atoms with Gasteiger partial charge in [-0.2, -0.15) is 5.26 Å². The van der Waals surface area contributed by atoms with Crippen LogP contribution in [0.25, 0.3) is 16.7 Å². The normalized spacial score (nSPS) is 14.6. The zero-order valence-electron chi connectivity index (χ0n) is 14.1. The van der Waals surface area contributed by atoms with E-state index < -0.39 is 5.97 Å². The molecule has 0 saturated carbocycles. The summed E-state index contributed by atoms with van der Waals surface area (Å²) in [5.41, 5.74) is 4.56. The first-order valence-corrected chi connectivity index (χ1v) is 7.97. The number of carboxylic acid groups (broad SMARTS) is 1. The Balaban J connectivity index is 2.25. The summed E-state index contributed by atoms with van der Waals surface area (Å²) in [4.78, 5) is 11.4. The number of carbonyl (C=O) groups is 1. The molecule has 0 atom stereocenters. The molecular weight excluding hydrogens is 310 g/mol. The molecule has 1 N–H and O–H groups in total. The molecule has 3 heteroatoms. The molecule has 0 saturated heterocycles. The molecule has 0 heterocycles. The Morgan fingerprint density at radius 1 is 1.24 bits per heavy atom. The number of nitrogens with zero attached hydrogens (tertiary/aromatic N) is 1. The standard InChI is InChI=1S/C22H17NO2/c1-4-16-17(6-5-7-18(16)21(24)25)14-8-9-20-19(12-14)15(13-23)10-11-22(20,2)3/h1,5-10,12H,11H2,2-3H3,(H,24,25). The number of fused-ring (bicyclic) bond motifs is 1. The van der Waals surface area contributed by atoms with Gasteiger partial charge < -0.3 is 5.11 Å². The summed E-state index contributed by atoms with van der Waals surface area (Å²) < 4.78 is 0. The number of nitriles is 1. The highest BCUT2D eigenvalue weighted by atomic mass is 16.4. The fourth-order valence-electron chi connectivity index (χ4n) is 3.33. The van der Waals surface area contributed by atoms with Gasteiger partial charge in [0, 0.05) is 5.56 Å². The van der Waals surface area contributed by atoms with Crippen LogP contribution >= 0.6 is 0 Å². The van der Waals surface area contributed by atoms with E-state index in [1.54, 1.807) is 6.07 Å².